The van der Waals surface area contributed by atoms with Crippen molar-refractivity contribution in [3.8, 4) is 0 Å². The molecule has 1 saturated heterocycles. The lowest BCUT2D eigenvalue weighted by Crippen LogP contribution is -2.46. The minimum Gasteiger partial charge on any atom is -0.356 e. The number of carbonyl (C=O) groups excluding carboxylic acids is 2. The fourth-order valence-corrected chi connectivity index (χ4v) is 4.27. The van der Waals surface area contributed by atoms with Crippen molar-refractivity contribution in [3.63, 3.8) is 0 Å². The van der Waals surface area contributed by atoms with E-state index in [1.165, 1.54) is 24.8 Å². The number of benzene rings is 1. The maximum Gasteiger partial charge on any atom is 0.239 e. The molecule has 7 nitrogen and oxygen atoms in total. The van der Waals surface area contributed by atoms with E-state index in [1.807, 2.05) is 23.1 Å². The van der Waals surface area contributed by atoms with E-state index in [0.29, 0.717) is 25.0 Å². The molecule has 1 aliphatic carbocycles. The van der Waals surface area contributed by atoms with E-state index in [4.69, 9.17) is 0 Å². The van der Waals surface area contributed by atoms with Gasteiger partial charge in [-0.15, -0.1) is 0 Å². The second-order valence-corrected chi connectivity index (χ2v) is 8.35. The molecule has 3 rings (SSSR count). The molecule has 3 N–H and O–H groups in total. The maximum absolute atomic E-state index is 12.3. The first-order chi connectivity index (χ1) is 14.6. The molecule has 0 bridgehead atoms. The summed E-state index contributed by atoms with van der Waals surface area (Å²) in [6.45, 7) is 2.39. The summed E-state index contributed by atoms with van der Waals surface area (Å²) >= 11 is 0. The van der Waals surface area contributed by atoms with Crippen LogP contribution < -0.4 is 16.0 Å². The fourth-order valence-electron chi connectivity index (χ4n) is 4.27. The zero-order chi connectivity index (χ0) is 21.2. The number of likely N-dealkylation sites (tertiary alicyclic amines) is 1. The zero-order valence-corrected chi connectivity index (χ0v) is 18.0. The van der Waals surface area contributed by atoms with Gasteiger partial charge in [0.15, 0.2) is 5.96 Å². The molecule has 1 aromatic carbocycles. The highest BCUT2D eigenvalue weighted by molar-refractivity contribution is 5.86. The van der Waals surface area contributed by atoms with Crippen LogP contribution in [-0.2, 0) is 16.0 Å². The molecule has 2 fully saturated rings. The molecule has 0 aromatic heterocycles. The van der Waals surface area contributed by atoms with Gasteiger partial charge in [-0.3, -0.25) is 14.6 Å². The average molecular weight is 414 g/mol. The summed E-state index contributed by atoms with van der Waals surface area (Å²) in [6.07, 6.45) is 7.26. The first-order valence-electron chi connectivity index (χ1n) is 11.2. The normalized spacial score (nSPS) is 20.3. The first kappa shape index (κ1) is 22.1. The summed E-state index contributed by atoms with van der Waals surface area (Å²) in [5.74, 6) is 1.08. The Morgan fingerprint density at radius 1 is 1.13 bits per heavy atom. The van der Waals surface area contributed by atoms with Crippen LogP contribution in [0.15, 0.2) is 35.3 Å². The predicted octanol–water partition coefficient (Wildman–Crippen LogP) is 1.69. The van der Waals surface area contributed by atoms with Crippen molar-refractivity contribution in [2.45, 2.75) is 51.0 Å². The number of rotatable bonds is 8. The molecule has 30 heavy (non-hydrogen) atoms. The van der Waals surface area contributed by atoms with Crippen molar-refractivity contribution in [1.82, 2.24) is 20.9 Å². The number of nitrogens with one attached hydrogen (secondary N) is 3. The molecular formula is C23H35N5O2. The van der Waals surface area contributed by atoms with E-state index in [-0.39, 0.29) is 24.3 Å². The molecule has 2 aliphatic rings. The lowest BCUT2D eigenvalue weighted by Gasteiger charge is -2.23. The van der Waals surface area contributed by atoms with Crippen LogP contribution in [0, 0.1) is 5.92 Å². The van der Waals surface area contributed by atoms with Gasteiger partial charge in [0.1, 0.15) is 0 Å². The van der Waals surface area contributed by atoms with Gasteiger partial charge < -0.3 is 20.9 Å². The van der Waals surface area contributed by atoms with Gasteiger partial charge in [0.25, 0.3) is 0 Å². The number of carbonyl (C=O) groups is 2. The molecule has 164 valence electrons. The fraction of sp³-hybridized carbons (Fsp3) is 0.609. The summed E-state index contributed by atoms with van der Waals surface area (Å²) in [5.41, 5.74) is 1.25. The van der Waals surface area contributed by atoms with Crippen LogP contribution in [0.4, 0.5) is 0 Å². The highest BCUT2D eigenvalue weighted by Crippen LogP contribution is 2.18. The topological polar surface area (TPSA) is 85.8 Å². The highest BCUT2D eigenvalue weighted by Gasteiger charge is 2.29. The third kappa shape index (κ3) is 7.04. The van der Waals surface area contributed by atoms with Crippen LogP contribution in [0.25, 0.3) is 0 Å². The summed E-state index contributed by atoms with van der Waals surface area (Å²) in [7, 11) is 1.69. The second kappa shape index (κ2) is 11.6. The third-order valence-electron chi connectivity index (χ3n) is 5.98. The average Bonchev–Trinajstić information content (AvgIpc) is 3.13. The van der Waals surface area contributed by atoms with Crippen LogP contribution in [0.1, 0.15) is 44.1 Å². The summed E-state index contributed by atoms with van der Waals surface area (Å²) in [4.78, 5) is 30.6. The number of hydrogen-bond acceptors (Lipinski definition) is 3. The SMILES string of the molecule is CN=C(NCC(=O)NC1CCCCC1)NCC1CC(=O)N(CCc2ccccc2)C1. The monoisotopic (exact) mass is 413 g/mol. The lowest BCUT2D eigenvalue weighted by molar-refractivity contribution is -0.127. The van der Waals surface area contributed by atoms with Crippen molar-refractivity contribution in [3.05, 3.63) is 35.9 Å². The third-order valence-corrected chi connectivity index (χ3v) is 5.98. The molecule has 1 saturated carbocycles. The van der Waals surface area contributed by atoms with Crippen LogP contribution in [0.2, 0.25) is 0 Å². The highest BCUT2D eigenvalue weighted by atomic mass is 16.2. The van der Waals surface area contributed by atoms with Crippen molar-refractivity contribution in [1.29, 1.82) is 0 Å². The number of nitrogens with zero attached hydrogens (tertiary/aromatic N) is 2. The molecule has 2 amide bonds. The smallest absolute Gasteiger partial charge is 0.239 e. The van der Waals surface area contributed by atoms with Gasteiger partial charge in [0.2, 0.25) is 11.8 Å². The van der Waals surface area contributed by atoms with Crippen LogP contribution in [-0.4, -0.2) is 61.9 Å². The van der Waals surface area contributed by atoms with Crippen molar-refractivity contribution in [2.24, 2.45) is 10.9 Å². The summed E-state index contributed by atoms with van der Waals surface area (Å²) in [5, 5.41) is 9.44. The van der Waals surface area contributed by atoms with E-state index < -0.39 is 0 Å². The molecule has 0 spiro atoms. The van der Waals surface area contributed by atoms with Crippen LogP contribution in [0.5, 0.6) is 0 Å². The molecular weight excluding hydrogens is 378 g/mol. The second-order valence-electron chi connectivity index (χ2n) is 8.35. The Bertz CT molecular complexity index is 716. The Morgan fingerprint density at radius 3 is 2.63 bits per heavy atom. The minimum absolute atomic E-state index is 0.00739. The van der Waals surface area contributed by atoms with Gasteiger partial charge in [-0.25, -0.2) is 0 Å². The van der Waals surface area contributed by atoms with E-state index >= 15 is 0 Å². The number of hydrogen-bond donors (Lipinski definition) is 3. The lowest BCUT2D eigenvalue weighted by atomic mass is 9.95. The van der Waals surface area contributed by atoms with Crippen LogP contribution >= 0.6 is 0 Å². The molecule has 7 heteroatoms. The Morgan fingerprint density at radius 2 is 1.90 bits per heavy atom. The van der Waals surface area contributed by atoms with Gasteiger partial charge in [-0.1, -0.05) is 49.6 Å². The molecule has 1 aliphatic heterocycles. The Labute approximate surface area is 179 Å². The Kier molecular flexibility index (Phi) is 8.53. The number of amides is 2. The van der Waals surface area contributed by atoms with Gasteiger partial charge in [0.05, 0.1) is 6.54 Å². The zero-order valence-electron chi connectivity index (χ0n) is 18.0. The van der Waals surface area contributed by atoms with Crippen molar-refractivity contribution < 1.29 is 9.59 Å². The van der Waals surface area contributed by atoms with E-state index in [2.05, 4.69) is 33.1 Å². The summed E-state index contributed by atoms with van der Waals surface area (Å²) < 4.78 is 0. The molecule has 1 aromatic rings. The van der Waals surface area contributed by atoms with E-state index in [1.54, 1.807) is 7.05 Å². The standard InChI is InChI=1S/C23H35N5O2/c1-24-23(26-16-21(29)27-20-10-6-3-7-11-20)25-15-19-14-22(30)28(17-19)13-12-18-8-4-2-5-9-18/h2,4-5,8-9,19-20H,3,6-7,10-17H2,1H3,(H,27,29)(H2,24,25,26). The Hall–Kier alpha value is -2.57. The van der Waals surface area contributed by atoms with Gasteiger partial charge in [0, 0.05) is 45.1 Å². The molecule has 0 radical (unpaired) electrons. The predicted molar refractivity (Wildman–Crippen MR) is 119 cm³/mol. The van der Waals surface area contributed by atoms with Gasteiger partial charge >= 0.3 is 0 Å². The number of aliphatic imine (C=N–C) groups is 1. The first-order valence-corrected chi connectivity index (χ1v) is 11.2. The Balaban J connectivity index is 1.34. The quantitative estimate of drug-likeness (QED) is 0.447. The number of guanidine groups is 1. The summed E-state index contributed by atoms with van der Waals surface area (Å²) in [6, 6.07) is 10.6. The molecule has 1 unspecified atom stereocenters. The molecule has 1 atom stereocenters. The van der Waals surface area contributed by atoms with Crippen molar-refractivity contribution in [2.75, 3.05) is 33.2 Å². The van der Waals surface area contributed by atoms with Crippen molar-refractivity contribution >= 4 is 17.8 Å². The molecule has 1 heterocycles. The van der Waals surface area contributed by atoms with E-state index in [9.17, 15) is 9.59 Å². The van der Waals surface area contributed by atoms with Crippen LogP contribution in [0.3, 0.4) is 0 Å². The maximum atomic E-state index is 12.3. The van der Waals surface area contributed by atoms with Gasteiger partial charge in [-0.05, 0) is 24.8 Å². The van der Waals surface area contributed by atoms with E-state index in [0.717, 1.165) is 32.4 Å². The minimum atomic E-state index is 0.00739. The van der Waals surface area contributed by atoms with Gasteiger partial charge in [-0.2, -0.15) is 0 Å². The largest absolute Gasteiger partial charge is 0.356 e.